The Hall–Kier alpha value is -2.57. The van der Waals surface area contributed by atoms with Gasteiger partial charge in [-0.2, -0.15) is 0 Å². The smallest absolute Gasteiger partial charge is 0.346 e. The van der Waals surface area contributed by atoms with E-state index in [0.717, 1.165) is 32.1 Å². The first-order chi connectivity index (χ1) is 12.2. The van der Waals surface area contributed by atoms with E-state index in [9.17, 15) is 9.59 Å². The van der Waals surface area contributed by atoms with E-state index in [0.29, 0.717) is 24.7 Å². The Balaban J connectivity index is 1.44. The summed E-state index contributed by atoms with van der Waals surface area (Å²) in [4.78, 5) is 24.8. The van der Waals surface area contributed by atoms with Gasteiger partial charge in [-0.3, -0.25) is 9.36 Å². The summed E-state index contributed by atoms with van der Waals surface area (Å²) in [6, 6.07) is 3.81. The minimum absolute atomic E-state index is 0.0458. The van der Waals surface area contributed by atoms with Crippen molar-refractivity contribution in [2.75, 3.05) is 6.54 Å². The first-order valence-electron chi connectivity index (χ1n) is 8.90. The molecule has 1 atom stereocenters. The quantitative estimate of drug-likeness (QED) is 0.815. The minimum atomic E-state index is -0.135. The van der Waals surface area contributed by atoms with Crippen molar-refractivity contribution in [3.63, 3.8) is 0 Å². The van der Waals surface area contributed by atoms with Crippen LogP contribution in [-0.2, 0) is 11.3 Å². The lowest BCUT2D eigenvalue weighted by Gasteiger charge is -2.16. The fourth-order valence-corrected chi connectivity index (χ4v) is 3.26. The maximum atomic E-state index is 12.6. The number of nitrogens with one attached hydrogen (secondary N) is 1. The van der Waals surface area contributed by atoms with Crippen molar-refractivity contribution >= 4 is 5.91 Å². The molecule has 25 heavy (non-hydrogen) atoms. The second-order valence-corrected chi connectivity index (χ2v) is 6.68. The van der Waals surface area contributed by atoms with Gasteiger partial charge in [0.05, 0.1) is 12.8 Å². The molecule has 132 valence electrons. The lowest BCUT2D eigenvalue weighted by atomic mass is 9.94. The molecule has 2 aliphatic carbocycles. The lowest BCUT2D eigenvalue weighted by molar-refractivity contribution is -0.125. The molecular formula is C18H22N4O3. The summed E-state index contributed by atoms with van der Waals surface area (Å²) < 4.78 is 8.56. The summed E-state index contributed by atoms with van der Waals surface area (Å²) in [5.74, 6) is 1.27. The highest BCUT2D eigenvalue weighted by Gasteiger charge is 2.31. The molecule has 1 unspecified atom stereocenters. The number of rotatable bonds is 6. The van der Waals surface area contributed by atoms with E-state index in [1.54, 1.807) is 16.9 Å². The number of aromatic nitrogens is 3. The van der Waals surface area contributed by atoms with Gasteiger partial charge in [0.15, 0.2) is 5.76 Å². The zero-order chi connectivity index (χ0) is 17.2. The fraction of sp³-hybridized carbons (Fsp3) is 0.500. The average Bonchev–Trinajstić information content (AvgIpc) is 3.21. The lowest BCUT2D eigenvalue weighted by Crippen LogP contribution is -2.35. The number of furan rings is 1. The van der Waals surface area contributed by atoms with Crippen molar-refractivity contribution in [3.05, 3.63) is 41.0 Å². The maximum absolute atomic E-state index is 12.6. The molecule has 2 aliphatic rings. The number of nitrogens with zero attached hydrogens (tertiary/aromatic N) is 3. The number of carbonyl (C=O) groups excluding carboxylic acids is 1. The molecule has 1 saturated carbocycles. The van der Waals surface area contributed by atoms with Crippen LogP contribution in [0, 0.1) is 5.92 Å². The normalized spacial score (nSPS) is 19.9. The van der Waals surface area contributed by atoms with Crippen LogP contribution >= 0.6 is 0 Å². The third kappa shape index (κ3) is 3.31. The minimum Gasteiger partial charge on any atom is -0.461 e. The third-order valence-corrected chi connectivity index (χ3v) is 4.79. The molecule has 2 aromatic heterocycles. The molecule has 0 radical (unpaired) electrons. The van der Waals surface area contributed by atoms with E-state index < -0.39 is 0 Å². The van der Waals surface area contributed by atoms with Gasteiger partial charge < -0.3 is 9.73 Å². The monoisotopic (exact) mass is 342 g/mol. The topological polar surface area (TPSA) is 82.1 Å². The van der Waals surface area contributed by atoms with Gasteiger partial charge in [-0.25, -0.2) is 9.48 Å². The molecule has 1 N–H and O–H groups in total. The molecule has 0 spiro atoms. The summed E-state index contributed by atoms with van der Waals surface area (Å²) in [5.41, 5.74) is -0.135. The highest BCUT2D eigenvalue weighted by molar-refractivity contribution is 5.78. The molecule has 7 heteroatoms. The zero-order valence-electron chi connectivity index (χ0n) is 14.1. The van der Waals surface area contributed by atoms with Crippen molar-refractivity contribution in [3.8, 4) is 11.6 Å². The van der Waals surface area contributed by atoms with E-state index in [1.165, 1.54) is 4.68 Å². The molecule has 4 rings (SSSR count). The van der Waals surface area contributed by atoms with Gasteiger partial charge in [0, 0.05) is 18.5 Å². The predicted molar refractivity (Wildman–Crippen MR) is 92.0 cm³/mol. The number of allylic oxidation sites excluding steroid dienone is 2. The Bertz CT molecular complexity index is 827. The van der Waals surface area contributed by atoms with Crippen LogP contribution in [0.25, 0.3) is 11.6 Å². The largest absolute Gasteiger partial charge is 0.461 e. The summed E-state index contributed by atoms with van der Waals surface area (Å²) >= 11 is 0. The Morgan fingerprint density at radius 2 is 2.20 bits per heavy atom. The first-order valence-corrected chi connectivity index (χ1v) is 8.90. The van der Waals surface area contributed by atoms with Crippen LogP contribution in [0.4, 0.5) is 0 Å². The van der Waals surface area contributed by atoms with E-state index in [1.807, 2.05) is 6.07 Å². The van der Waals surface area contributed by atoms with Crippen molar-refractivity contribution in [2.45, 2.75) is 44.7 Å². The first kappa shape index (κ1) is 15.9. The number of hydrogen-bond donors (Lipinski definition) is 1. The van der Waals surface area contributed by atoms with Gasteiger partial charge in [-0.1, -0.05) is 12.2 Å². The Kier molecular flexibility index (Phi) is 4.29. The Morgan fingerprint density at radius 1 is 1.32 bits per heavy atom. The number of carbonyl (C=O) groups is 1. The molecule has 0 aromatic carbocycles. The van der Waals surface area contributed by atoms with Crippen LogP contribution in [0.3, 0.4) is 0 Å². The van der Waals surface area contributed by atoms with Gasteiger partial charge in [0.1, 0.15) is 0 Å². The molecule has 2 aromatic rings. The molecule has 0 saturated heterocycles. The van der Waals surface area contributed by atoms with Gasteiger partial charge in [-0.05, 0) is 44.2 Å². The molecule has 0 aliphatic heterocycles. The molecule has 2 heterocycles. The van der Waals surface area contributed by atoms with E-state index in [-0.39, 0.29) is 23.6 Å². The van der Waals surface area contributed by atoms with Crippen LogP contribution in [-0.4, -0.2) is 26.8 Å². The summed E-state index contributed by atoms with van der Waals surface area (Å²) in [6.45, 7) is 0.763. The molecule has 1 fully saturated rings. The molecular weight excluding hydrogens is 320 g/mol. The summed E-state index contributed by atoms with van der Waals surface area (Å²) in [7, 11) is 0. The van der Waals surface area contributed by atoms with Gasteiger partial charge >= 0.3 is 5.69 Å². The Morgan fingerprint density at radius 3 is 2.88 bits per heavy atom. The predicted octanol–water partition coefficient (Wildman–Crippen LogP) is 2.11. The van der Waals surface area contributed by atoms with Crippen LogP contribution in [0.15, 0.2) is 39.8 Å². The van der Waals surface area contributed by atoms with Gasteiger partial charge in [0.25, 0.3) is 0 Å². The Labute approximate surface area is 145 Å². The molecule has 7 nitrogen and oxygen atoms in total. The van der Waals surface area contributed by atoms with E-state index >= 15 is 0 Å². The third-order valence-electron chi connectivity index (χ3n) is 4.79. The van der Waals surface area contributed by atoms with Crippen LogP contribution in [0.1, 0.15) is 38.1 Å². The van der Waals surface area contributed by atoms with Gasteiger partial charge in [-0.15, -0.1) is 5.10 Å². The molecule has 1 amide bonds. The standard InChI is InChI=1S/C18H22N4O3/c23-17(13-5-2-1-3-6-13)19-10-11-21-18(24)22(14-8-9-14)16(20-21)15-7-4-12-25-15/h1-2,4,7,12-14H,3,5-6,8-11H2,(H,19,23). The van der Waals surface area contributed by atoms with Crippen LogP contribution in [0.2, 0.25) is 0 Å². The zero-order valence-corrected chi connectivity index (χ0v) is 14.1. The van der Waals surface area contributed by atoms with Crippen LogP contribution < -0.4 is 11.0 Å². The maximum Gasteiger partial charge on any atom is 0.346 e. The van der Waals surface area contributed by atoms with Crippen LogP contribution in [0.5, 0.6) is 0 Å². The van der Waals surface area contributed by atoms with E-state index in [4.69, 9.17) is 4.42 Å². The SMILES string of the molecule is O=C(NCCn1nc(-c2ccco2)n(C2CC2)c1=O)C1CC=CCC1. The van der Waals surface area contributed by atoms with Crippen molar-refractivity contribution in [1.82, 2.24) is 19.7 Å². The highest BCUT2D eigenvalue weighted by atomic mass is 16.3. The summed E-state index contributed by atoms with van der Waals surface area (Å²) in [6.07, 6.45) is 10.4. The van der Waals surface area contributed by atoms with Crippen molar-refractivity contribution in [1.29, 1.82) is 0 Å². The summed E-state index contributed by atoms with van der Waals surface area (Å²) in [5, 5.41) is 7.36. The van der Waals surface area contributed by atoms with Crippen molar-refractivity contribution in [2.24, 2.45) is 5.92 Å². The second kappa shape index (κ2) is 6.74. The number of hydrogen-bond acceptors (Lipinski definition) is 4. The number of amides is 1. The fourth-order valence-electron chi connectivity index (χ4n) is 3.26. The second-order valence-electron chi connectivity index (χ2n) is 6.68. The molecule has 0 bridgehead atoms. The van der Waals surface area contributed by atoms with Crippen molar-refractivity contribution < 1.29 is 9.21 Å². The van der Waals surface area contributed by atoms with E-state index in [2.05, 4.69) is 22.6 Å². The highest BCUT2D eigenvalue weighted by Crippen LogP contribution is 2.36. The average molecular weight is 342 g/mol. The van der Waals surface area contributed by atoms with Gasteiger partial charge in [0.2, 0.25) is 11.7 Å².